The fraction of sp³-hybridized carbons (Fsp3) is 0.400. The Kier molecular flexibility index (Phi) is 3.13. The molecule has 1 fully saturated rings. The first-order valence-electron chi connectivity index (χ1n) is 7.23. The molecule has 3 aromatic rings. The summed E-state index contributed by atoms with van der Waals surface area (Å²) in [6.45, 7) is 2.28. The van der Waals surface area contributed by atoms with E-state index in [1.807, 2.05) is 17.8 Å². The lowest BCUT2D eigenvalue weighted by Gasteiger charge is -2.46. The van der Waals surface area contributed by atoms with Gasteiger partial charge < -0.3 is 4.57 Å². The van der Waals surface area contributed by atoms with Crippen molar-refractivity contribution in [3.8, 4) is 0 Å². The Morgan fingerprint density at radius 2 is 2.14 bits per heavy atom. The zero-order valence-corrected chi connectivity index (χ0v) is 14.8. The molecule has 1 aliphatic carbocycles. The molecule has 0 unspecified atom stereocenters. The van der Waals surface area contributed by atoms with Crippen LogP contribution in [0.3, 0.4) is 0 Å². The number of benzene rings is 1. The van der Waals surface area contributed by atoms with Gasteiger partial charge in [0.25, 0.3) is 0 Å². The molecule has 0 atom stereocenters. The monoisotopic (exact) mass is 377 g/mol. The number of aromatic nitrogens is 5. The van der Waals surface area contributed by atoms with Crippen molar-refractivity contribution in [2.24, 2.45) is 13.0 Å². The van der Waals surface area contributed by atoms with E-state index in [1.54, 1.807) is 0 Å². The summed E-state index contributed by atoms with van der Waals surface area (Å²) in [5.41, 5.74) is 2.19. The standard InChI is InChI=1S/C15H16BrN5S/c1-8-5-15(6-8,13-19-20-14(22)21(13)2)9-3-11(16)10-7-17-18-12(10)4-9/h3-4,7-8H,5-6H2,1-2H3,(H,17,18)(H,20,22). The van der Waals surface area contributed by atoms with Crippen LogP contribution in [0.4, 0.5) is 0 Å². The predicted octanol–water partition coefficient (Wildman–Crippen LogP) is 3.46. The fourth-order valence-electron chi connectivity index (χ4n) is 3.70. The Labute approximate surface area is 142 Å². The Morgan fingerprint density at radius 1 is 1.36 bits per heavy atom. The van der Waals surface area contributed by atoms with Gasteiger partial charge in [-0.2, -0.15) is 5.10 Å². The molecular formula is C15H16BrN5S. The normalized spacial score (nSPS) is 24.6. The molecule has 5 nitrogen and oxygen atoms in total. The van der Waals surface area contributed by atoms with Crippen molar-refractivity contribution in [1.29, 1.82) is 0 Å². The highest BCUT2D eigenvalue weighted by molar-refractivity contribution is 9.10. The number of H-pyrrole nitrogens is 1. The van der Waals surface area contributed by atoms with E-state index in [1.165, 1.54) is 5.56 Å². The minimum atomic E-state index is -0.0933. The molecule has 4 rings (SSSR count). The van der Waals surface area contributed by atoms with E-state index >= 15 is 0 Å². The molecule has 1 aliphatic rings. The molecule has 0 spiro atoms. The average molecular weight is 378 g/mol. The summed E-state index contributed by atoms with van der Waals surface area (Å²) in [5, 5.41) is 17.5. The van der Waals surface area contributed by atoms with Crippen molar-refractivity contribution in [2.45, 2.75) is 30.3 Å². The number of aromatic amines is 1. The van der Waals surface area contributed by atoms with E-state index < -0.39 is 0 Å². The van der Waals surface area contributed by atoms with Crippen molar-refractivity contribution in [3.63, 3.8) is 0 Å². The molecule has 22 heavy (non-hydrogen) atoms. The van der Waals surface area contributed by atoms with Gasteiger partial charge >= 0.3 is 0 Å². The van der Waals surface area contributed by atoms with Crippen molar-refractivity contribution in [3.05, 3.63) is 34.2 Å². The number of thiol groups is 1. The first-order chi connectivity index (χ1) is 10.5. The first kappa shape index (κ1) is 14.3. The quantitative estimate of drug-likeness (QED) is 0.672. The summed E-state index contributed by atoms with van der Waals surface area (Å²) >= 11 is 8.05. The zero-order valence-electron chi connectivity index (χ0n) is 12.3. The van der Waals surface area contributed by atoms with Crippen LogP contribution < -0.4 is 0 Å². The lowest BCUT2D eigenvalue weighted by atomic mass is 9.58. The number of nitrogens with one attached hydrogen (secondary N) is 1. The smallest absolute Gasteiger partial charge is 0.187 e. The Morgan fingerprint density at radius 3 is 2.77 bits per heavy atom. The third-order valence-electron chi connectivity index (χ3n) is 4.73. The van der Waals surface area contributed by atoms with Crippen LogP contribution in [0, 0.1) is 5.92 Å². The lowest BCUT2D eigenvalue weighted by molar-refractivity contribution is 0.184. The van der Waals surface area contributed by atoms with Gasteiger partial charge in [0.05, 0.1) is 17.1 Å². The van der Waals surface area contributed by atoms with E-state index in [4.69, 9.17) is 0 Å². The van der Waals surface area contributed by atoms with Crippen LogP contribution in [0.15, 0.2) is 28.0 Å². The van der Waals surface area contributed by atoms with E-state index in [9.17, 15) is 0 Å². The van der Waals surface area contributed by atoms with Crippen molar-refractivity contribution in [1.82, 2.24) is 25.0 Å². The highest BCUT2D eigenvalue weighted by atomic mass is 79.9. The number of hydrogen-bond acceptors (Lipinski definition) is 4. The van der Waals surface area contributed by atoms with E-state index in [0.717, 1.165) is 34.0 Å². The number of rotatable bonds is 2. The summed E-state index contributed by atoms with van der Waals surface area (Å²) in [5.74, 6) is 1.66. The van der Waals surface area contributed by atoms with E-state index in [2.05, 4.69) is 68.0 Å². The maximum absolute atomic E-state index is 4.41. The van der Waals surface area contributed by atoms with Gasteiger partial charge in [0, 0.05) is 16.9 Å². The second-order valence-electron chi connectivity index (χ2n) is 6.27. The highest BCUT2D eigenvalue weighted by Crippen LogP contribution is 2.52. The minimum Gasteiger partial charge on any atom is -0.309 e. The van der Waals surface area contributed by atoms with Crippen LogP contribution in [-0.2, 0) is 12.5 Å². The molecule has 1 aromatic carbocycles. The Hall–Kier alpha value is -1.34. The van der Waals surface area contributed by atoms with E-state index in [0.29, 0.717) is 11.1 Å². The molecule has 114 valence electrons. The fourth-order valence-corrected chi connectivity index (χ4v) is 4.40. The van der Waals surface area contributed by atoms with Crippen LogP contribution in [-0.4, -0.2) is 25.0 Å². The predicted molar refractivity (Wildman–Crippen MR) is 91.2 cm³/mol. The zero-order chi connectivity index (χ0) is 15.5. The summed E-state index contributed by atoms with van der Waals surface area (Å²) in [6, 6.07) is 4.38. The van der Waals surface area contributed by atoms with Crippen LogP contribution in [0.1, 0.15) is 31.2 Å². The molecule has 0 radical (unpaired) electrons. The maximum atomic E-state index is 4.41. The SMILES string of the molecule is CC1CC(c2cc(Br)c3cn[nH]c3c2)(c2nnc(S)n2C)C1. The topological polar surface area (TPSA) is 59.4 Å². The second-order valence-corrected chi connectivity index (χ2v) is 7.52. The van der Waals surface area contributed by atoms with Crippen LogP contribution in [0.2, 0.25) is 0 Å². The molecule has 2 heterocycles. The molecule has 7 heteroatoms. The number of hydrogen-bond donors (Lipinski definition) is 2. The maximum Gasteiger partial charge on any atom is 0.187 e. The number of halogens is 1. The third-order valence-corrected chi connectivity index (χ3v) is 5.78. The third kappa shape index (κ3) is 1.88. The molecule has 1 saturated carbocycles. The van der Waals surface area contributed by atoms with Gasteiger partial charge in [0.15, 0.2) is 5.16 Å². The summed E-state index contributed by atoms with van der Waals surface area (Å²) in [7, 11) is 1.98. The average Bonchev–Trinajstić information content (AvgIpc) is 3.04. The largest absolute Gasteiger partial charge is 0.309 e. The van der Waals surface area contributed by atoms with E-state index in [-0.39, 0.29) is 5.41 Å². The van der Waals surface area contributed by atoms with Crippen molar-refractivity contribution < 1.29 is 0 Å². The van der Waals surface area contributed by atoms with Crippen LogP contribution in [0.25, 0.3) is 10.9 Å². The Balaban J connectivity index is 1.93. The van der Waals surface area contributed by atoms with Crippen molar-refractivity contribution >= 4 is 39.5 Å². The molecular weight excluding hydrogens is 362 g/mol. The highest BCUT2D eigenvalue weighted by Gasteiger charge is 2.48. The Bertz CT molecular complexity index is 862. The van der Waals surface area contributed by atoms with Gasteiger partial charge in [-0.15, -0.1) is 22.8 Å². The minimum absolute atomic E-state index is 0.0933. The van der Waals surface area contributed by atoms with Gasteiger partial charge in [-0.1, -0.05) is 22.9 Å². The number of fused-ring (bicyclic) bond motifs is 1. The summed E-state index contributed by atoms with van der Waals surface area (Å²) < 4.78 is 3.04. The van der Waals surface area contributed by atoms with Gasteiger partial charge in [0.1, 0.15) is 5.82 Å². The molecule has 0 aliphatic heterocycles. The lowest BCUT2D eigenvalue weighted by Crippen LogP contribution is -2.43. The summed E-state index contributed by atoms with van der Waals surface area (Å²) in [6.07, 6.45) is 3.98. The van der Waals surface area contributed by atoms with Gasteiger partial charge in [-0.05, 0) is 36.5 Å². The first-order valence-corrected chi connectivity index (χ1v) is 8.47. The van der Waals surface area contributed by atoms with Gasteiger partial charge in [-0.3, -0.25) is 5.10 Å². The van der Waals surface area contributed by atoms with Gasteiger partial charge in [0.2, 0.25) is 0 Å². The molecule has 2 aromatic heterocycles. The van der Waals surface area contributed by atoms with Gasteiger partial charge in [-0.25, -0.2) is 0 Å². The molecule has 1 N–H and O–H groups in total. The molecule has 0 amide bonds. The molecule has 0 bridgehead atoms. The number of nitrogens with zero attached hydrogens (tertiary/aromatic N) is 4. The molecule has 0 saturated heterocycles. The van der Waals surface area contributed by atoms with Crippen LogP contribution >= 0.6 is 28.6 Å². The van der Waals surface area contributed by atoms with Crippen molar-refractivity contribution in [2.75, 3.05) is 0 Å². The summed E-state index contributed by atoms with van der Waals surface area (Å²) in [4.78, 5) is 0. The van der Waals surface area contributed by atoms with Crippen LogP contribution in [0.5, 0.6) is 0 Å². The second kappa shape index (κ2) is 4.83.